The van der Waals surface area contributed by atoms with E-state index in [0.717, 1.165) is 25.9 Å². The van der Waals surface area contributed by atoms with Gasteiger partial charge >= 0.3 is 0 Å². The number of hydrogen-bond acceptors (Lipinski definition) is 2. The van der Waals surface area contributed by atoms with Crippen molar-refractivity contribution in [3.8, 4) is 0 Å². The van der Waals surface area contributed by atoms with Gasteiger partial charge in [0.05, 0.1) is 6.04 Å². The molecule has 3 nitrogen and oxygen atoms in total. The quantitative estimate of drug-likeness (QED) is 0.896. The van der Waals surface area contributed by atoms with Crippen molar-refractivity contribution in [3.63, 3.8) is 0 Å². The van der Waals surface area contributed by atoms with Gasteiger partial charge in [0.15, 0.2) is 0 Å². The lowest BCUT2D eigenvalue weighted by atomic mass is 9.90. The molecule has 1 unspecified atom stereocenters. The molecule has 1 aromatic carbocycles. The molecule has 0 radical (unpaired) electrons. The maximum Gasteiger partial charge on any atom is 0.223 e. The summed E-state index contributed by atoms with van der Waals surface area (Å²) in [5.74, 6) is 0.775. The molecule has 1 aromatic rings. The topological polar surface area (TPSA) is 41.1 Å². The van der Waals surface area contributed by atoms with Gasteiger partial charge in [-0.05, 0) is 49.9 Å². The van der Waals surface area contributed by atoms with Gasteiger partial charge in [0, 0.05) is 5.92 Å². The molecule has 1 aliphatic heterocycles. The Bertz CT molecular complexity index is 456. The second-order valence-electron chi connectivity index (χ2n) is 6.11. The molecule has 1 amide bonds. The van der Waals surface area contributed by atoms with Gasteiger partial charge in [0.25, 0.3) is 0 Å². The summed E-state index contributed by atoms with van der Waals surface area (Å²) in [6.45, 7) is 8.35. The van der Waals surface area contributed by atoms with Gasteiger partial charge in [-0.3, -0.25) is 4.79 Å². The zero-order chi connectivity index (χ0) is 14.5. The standard InChI is InChI=1S/C17H26N2O.ClH/c1-12(2)16(15-7-5-4-6-13(15)3)19-17(20)14-8-10-18-11-9-14;/h4-7,12,14,16,18H,8-11H2,1-3H3,(H,19,20);1H. The Morgan fingerprint density at radius 2 is 1.86 bits per heavy atom. The molecule has 1 atom stereocenters. The van der Waals surface area contributed by atoms with Crippen LogP contribution >= 0.6 is 12.4 Å². The van der Waals surface area contributed by atoms with E-state index in [2.05, 4.69) is 43.5 Å². The second kappa shape index (κ2) is 8.40. The normalized spacial score (nSPS) is 17.1. The van der Waals surface area contributed by atoms with E-state index in [9.17, 15) is 4.79 Å². The number of piperidine rings is 1. The second-order valence-corrected chi connectivity index (χ2v) is 6.11. The van der Waals surface area contributed by atoms with Crippen molar-refractivity contribution in [2.75, 3.05) is 13.1 Å². The highest BCUT2D eigenvalue weighted by Crippen LogP contribution is 2.25. The van der Waals surface area contributed by atoms with Gasteiger partial charge in [-0.2, -0.15) is 0 Å². The number of rotatable bonds is 4. The minimum atomic E-state index is 0. The van der Waals surface area contributed by atoms with E-state index < -0.39 is 0 Å². The van der Waals surface area contributed by atoms with Crippen molar-refractivity contribution in [2.24, 2.45) is 11.8 Å². The first kappa shape index (κ1) is 18.0. The minimum absolute atomic E-state index is 0. The Kier molecular flexibility index (Phi) is 7.20. The van der Waals surface area contributed by atoms with Gasteiger partial charge in [0.1, 0.15) is 0 Å². The maximum absolute atomic E-state index is 12.5. The van der Waals surface area contributed by atoms with Crippen molar-refractivity contribution in [3.05, 3.63) is 35.4 Å². The molecular formula is C17H27ClN2O. The van der Waals surface area contributed by atoms with Crippen molar-refractivity contribution in [1.82, 2.24) is 10.6 Å². The van der Waals surface area contributed by atoms with Gasteiger partial charge in [-0.1, -0.05) is 38.1 Å². The van der Waals surface area contributed by atoms with E-state index in [0.29, 0.717) is 5.92 Å². The summed E-state index contributed by atoms with van der Waals surface area (Å²) in [4.78, 5) is 12.5. The molecule has 0 bridgehead atoms. The first-order chi connectivity index (χ1) is 9.59. The van der Waals surface area contributed by atoms with Crippen LogP contribution in [0.15, 0.2) is 24.3 Å². The first-order valence-corrected chi connectivity index (χ1v) is 7.66. The third kappa shape index (κ3) is 4.72. The van der Waals surface area contributed by atoms with Crippen LogP contribution < -0.4 is 10.6 Å². The Labute approximate surface area is 134 Å². The molecule has 2 N–H and O–H groups in total. The summed E-state index contributed by atoms with van der Waals surface area (Å²) in [6, 6.07) is 8.45. The molecule has 4 heteroatoms. The van der Waals surface area contributed by atoms with Crippen LogP contribution in [0.5, 0.6) is 0 Å². The molecule has 21 heavy (non-hydrogen) atoms. The summed E-state index contributed by atoms with van der Waals surface area (Å²) < 4.78 is 0. The largest absolute Gasteiger partial charge is 0.349 e. The van der Waals surface area contributed by atoms with Crippen LogP contribution in [0.25, 0.3) is 0 Å². The van der Waals surface area contributed by atoms with E-state index >= 15 is 0 Å². The molecule has 1 aliphatic rings. The Balaban J connectivity index is 0.00000220. The number of nitrogens with one attached hydrogen (secondary N) is 2. The van der Waals surface area contributed by atoms with Crippen LogP contribution in [0, 0.1) is 18.8 Å². The number of carbonyl (C=O) groups is 1. The van der Waals surface area contributed by atoms with Crippen LogP contribution in [0.4, 0.5) is 0 Å². The van der Waals surface area contributed by atoms with E-state index in [1.807, 2.05) is 12.1 Å². The van der Waals surface area contributed by atoms with Gasteiger partial charge in [0.2, 0.25) is 5.91 Å². The third-order valence-electron chi connectivity index (χ3n) is 4.20. The van der Waals surface area contributed by atoms with Gasteiger partial charge in [-0.15, -0.1) is 12.4 Å². The molecule has 118 valence electrons. The lowest BCUT2D eigenvalue weighted by molar-refractivity contribution is -0.126. The number of amides is 1. The van der Waals surface area contributed by atoms with Crippen LogP contribution in [-0.4, -0.2) is 19.0 Å². The summed E-state index contributed by atoms with van der Waals surface area (Å²) in [6.07, 6.45) is 1.90. The van der Waals surface area contributed by atoms with Gasteiger partial charge in [-0.25, -0.2) is 0 Å². The highest BCUT2D eigenvalue weighted by molar-refractivity contribution is 5.85. The van der Waals surface area contributed by atoms with Crippen molar-refractivity contribution >= 4 is 18.3 Å². The lowest BCUT2D eigenvalue weighted by Crippen LogP contribution is -2.41. The highest BCUT2D eigenvalue weighted by Gasteiger charge is 2.25. The Morgan fingerprint density at radius 1 is 1.24 bits per heavy atom. The van der Waals surface area contributed by atoms with Crippen molar-refractivity contribution in [1.29, 1.82) is 0 Å². The fourth-order valence-corrected chi connectivity index (χ4v) is 2.89. The fourth-order valence-electron chi connectivity index (χ4n) is 2.89. The van der Waals surface area contributed by atoms with E-state index in [-0.39, 0.29) is 30.3 Å². The van der Waals surface area contributed by atoms with Crippen molar-refractivity contribution < 1.29 is 4.79 Å². The van der Waals surface area contributed by atoms with Crippen LogP contribution in [0.2, 0.25) is 0 Å². The molecular weight excluding hydrogens is 284 g/mol. The minimum Gasteiger partial charge on any atom is -0.349 e. The zero-order valence-electron chi connectivity index (χ0n) is 13.2. The van der Waals surface area contributed by atoms with E-state index in [4.69, 9.17) is 0 Å². The predicted molar refractivity (Wildman–Crippen MR) is 89.7 cm³/mol. The summed E-state index contributed by atoms with van der Waals surface area (Å²) in [5.41, 5.74) is 2.49. The molecule has 0 aromatic heterocycles. The number of benzene rings is 1. The first-order valence-electron chi connectivity index (χ1n) is 7.66. The van der Waals surface area contributed by atoms with Crippen LogP contribution in [0.1, 0.15) is 43.9 Å². The molecule has 0 aliphatic carbocycles. The van der Waals surface area contributed by atoms with Crippen molar-refractivity contribution in [2.45, 2.75) is 39.7 Å². The molecule has 1 heterocycles. The maximum atomic E-state index is 12.5. The summed E-state index contributed by atoms with van der Waals surface area (Å²) >= 11 is 0. The average Bonchev–Trinajstić information content (AvgIpc) is 2.46. The van der Waals surface area contributed by atoms with Gasteiger partial charge < -0.3 is 10.6 Å². The number of hydrogen-bond donors (Lipinski definition) is 2. The number of halogens is 1. The van der Waals surface area contributed by atoms with E-state index in [1.54, 1.807) is 0 Å². The smallest absolute Gasteiger partial charge is 0.223 e. The zero-order valence-corrected chi connectivity index (χ0v) is 14.0. The number of carbonyl (C=O) groups excluding carboxylic acids is 1. The monoisotopic (exact) mass is 310 g/mol. The summed E-state index contributed by atoms with van der Waals surface area (Å²) in [7, 11) is 0. The molecule has 1 fully saturated rings. The predicted octanol–water partition coefficient (Wildman–Crippen LogP) is 3.23. The summed E-state index contributed by atoms with van der Waals surface area (Å²) in [5, 5.41) is 6.58. The fraction of sp³-hybridized carbons (Fsp3) is 0.588. The Hall–Kier alpha value is -1.06. The number of aryl methyl sites for hydroxylation is 1. The molecule has 2 rings (SSSR count). The van der Waals surface area contributed by atoms with E-state index in [1.165, 1.54) is 11.1 Å². The average molecular weight is 311 g/mol. The van der Waals surface area contributed by atoms with Crippen LogP contribution in [0.3, 0.4) is 0 Å². The SMILES string of the molecule is Cc1ccccc1C(NC(=O)C1CCNCC1)C(C)C.Cl. The lowest BCUT2D eigenvalue weighted by Gasteiger charge is -2.28. The highest BCUT2D eigenvalue weighted by atomic mass is 35.5. The molecule has 0 spiro atoms. The molecule has 1 saturated heterocycles. The van der Waals surface area contributed by atoms with Crippen LogP contribution in [-0.2, 0) is 4.79 Å². The Morgan fingerprint density at radius 3 is 2.43 bits per heavy atom. The molecule has 0 saturated carbocycles. The third-order valence-corrected chi connectivity index (χ3v) is 4.20.